The predicted octanol–water partition coefficient (Wildman–Crippen LogP) is 5.04. The van der Waals surface area contributed by atoms with Crippen LogP contribution >= 0.6 is 0 Å². The highest BCUT2D eigenvalue weighted by Gasteiger charge is 2.07. The number of ether oxygens (including phenoxy) is 1. The Morgan fingerprint density at radius 2 is 1.33 bits per heavy atom. The van der Waals surface area contributed by atoms with Gasteiger partial charge in [-0.3, -0.25) is 0 Å². The molecule has 0 unspecified atom stereocenters. The van der Waals surface area contributed by atoms with E-state index in [2.05, 4.69) is 27.7 Å². The Labute approximate surface area is 97.6 Å². The highest BCUT2D eigenvalue weighted by Crippen LogP contribution is 2.20. The van der Waals surface area contributed by atoms with E-state index in [-0.39, 0.29) is 0 Å². The lowest BCUT2D eigenvalue weighted by atomic mass is 9.90. The fraction of sp³-hybridized carbons (Fsp3) is 1.00. The smallest absolute Gasteiger partial charge is 0.0522 e. The monoisotopic (exact) mass is 216 g/mol. The Kier molecular flexibility index (Phi) is 10.7. The lowest BCUT2D eigenvalue weighted by molar-refractivity contribution is 0.0300. The quantitative estimate of drug-likeness (QED) is 0.639. The minimum atomic E-state index is 0.375. The predicted molar refractivity (Wildman–Crippen MR) is 70.3 cm³/mol. The Bertz CT molecular complexity index is 114. The van der Waals surface area contributed by atoms with Gasteiger partial charge < -0.3 is 4.74 Å². The van der Waals surface area contributed by atoms with Crippen molar-refractivity contribution in [3.05, 3.63) is 0 Å². The van der Waals surface area contributed by atoms with E-state index in [1.165, 1.54) is 19.3 Å². The van der Waals surface area contributed by atoms with Gasteiger partial charge in [0.15, 0.2) is 0 Å². The first-order valence-electron chi connectivity index (χ1n) is 6.34. The average Bonchev–Trinajstić information content (AvgIpc) is 1.97. The van der Waals surface area contributed by atoms with Gasteiger partial charge in [0, 0.05) is 0 Å². The van der Waals surface area contributed by atoms with Crippen molar-refractivity contribution in [1.29, 1.82) is 0 Å². The fourth-order valence-corrected chi connectivity index (χ4v) is 1.25. The molecule has 0 rings (SSSR count). The molecular weight excluding hydrogens is 184 g/mol. The van der Waals surface area contributed by atoms with Crippen LogP contribution < -0.4 is 0 Å². The van der Waals surface area contributed by atoms with Crippen molar-refractivity contribution >= 4 is 0 Å². The molecule has 0 aromatic heterocycles. The van der Waals surface area contributed by atoms with E-state index in [0.29, 0.717) is 17.6 Å². The van der Waals surface area contributed by atoms with Crippen LogP contribution in [0.2, 0.25) is 0 Å². The van der Waals surface area contributed by atoms with Crippen molar-refractivity contribution in [1.82, 2.24) is 0 Å². The van der Waals surface area contributed by atoms with E-state index in [1.54, 1.807) is 0 Å². The molecule has 0 N–H and O–H groups in total. The zero-order valence-electron chi connectivity index (χ0n) is 12.2. The van der Waals surface area contributed by atoms with Gasteiger partial charge in [-0.15, -0.1) is 0 Å². The van der Waals surface area contributed by atoms with Crippen molar-refractivity contribution in [2.24, 2.45) is 5.41 Å². The molecule has 0 fully saturated rings. The highest BCUT2D eigenvalue weighted by atomic mass is 16.5. The molecule has 0 aliphatic carbocycles. The summed E-state index contributed by atoms with van der Waals surface area (Å²) >= 11 is 0. The summed E-state index contributed by atoms with van der Waals surface area (Å²) in [5.41, 5.74) is 0.552. The molecule has 0 spiro atoms. The van der Waals surface area contributed by atoms with E-state index < -0.39 is 0 Å². The lowest BCUT2D eigenvalue weighted by Crippen LogP contribution is -2.09. The summed E-state index contributed by atoms with van der Waals surface area (Å²) < 4.78 is 5.25. The van der Waals surface area contributed by atoms with E-state index >= 15 is 0 Å². The molecule has 1 heteroatoms. The third-order valence-corrected chi connectivity index (χ3v) is 1.82. The molecule has 0 heterocycles. The van der Waals surface area contributed by atoms with E-state index in [0.717, 1.165) is 0 Å². The van der Waals surface area contributed by atoms with E-state index in [1.807, 2.05) is 27.7 Å². The van der Waals surface area contributed by atoms with Crippen LogP contribution in [0.4, 0.5) is 0 Å². The Balaban J connectivity index is 0. The Morgan fingerprint density at radius 1 is 0.933 bits per heavy atom. The molecule has 0 saturated carbocycles. The Hall–Kier alpha value is -0.0400. The van der Waals surface area contributed by atoms with Crippen molar-refractivity contribution < 1.29 is 4.74 Å². The third-order valence-electron chi connectivity index (χ3n) is 1.82. The maximum absolute atomic E-state index is 5.25. The van der Waals surface area contributed by atoms with Gasteiger partial charge in [0.1, 0.15) is 0 Å². The zero-order valence-corrected chi connectivity index (χ0v) is 12.2. The van der Waals surface area contributed by atoms with Gasteiger partial charge >= 0.3 is 0 Å². The minimum Gasteiger partial charge on any atom is -0.376 e. The number of hydrogen-bond acceptors (Lipinski definition) is 1. The van der Waals surface area contributed by atoms with Crippen LogP contribution in [0, 0.1) is 5.41 Å². The largest absolute Gasteiger partial charge is 0.376 e. The van der Waals surface area contributed by atoms with Gasteiger partial charge in [0.2, 0.25) is 0 Å². The highest BCUT2D eigenvalue weighted by molar-refractivity contribution is 4.59. The summed E-state index contributed by atoms with van der Waals surface area (Å²) in [5.74, 6) is 0. The molecule has 0 aromatic carbocycles. The van der Waals surface area contributed by atoms with Gasteiger partial charge in [-0.05, 0) is 39.5 Å². The summed E-state index contributed by atoms with van der Waals surface area (Å²) in [7, 11) is 0. The summed E-state index contributed by atoms with van der Waals surface area (Å²) in [6.45, 7) is 17.3. The molecule has 1 nitrogen and oxygen atoms in total. The molecule has 0 amide bonds. The van der Waals surface area contributed by atoms with Crippen LogP contribution in [0.1, 0.15) is 74.7 Å². The van der Waals surface area contributed by atoms with Crippen LogP contribution in [0.3, 0.4) is 0 Å². The van der Waals surface area contributed by atoms with Crippen LogP contribution in [0.5, 0.6) is 0 Å². The number of rotatable bonds is 4. The Morgan fingerprint density at radius 3 is 1.40 bits per heavy atom. The maximum Gasteiger partial charge on any atom is 0.0522 e. The first-order valence-corrected chi connectivity index (χ1v) is 6.34. The van der Waals surface area contributed by atoms with Crippen molar-refractivity contribution in [3.8, 4) is 0 Å². The normalized spacial score (nSPS) is 11.6. The maximum atomic E-state index is 5.25. The molecule has 15 heavy (non-hydrogen) atoms. The van der Waals surface area contributed by atoms with Gasteiger partial charge in [-0.1, -0.05) is 40.5 Å². The molecule has 0 aromatic rings. The van der Waals surface area contributed by atoms with Crippen molar-refractivity contribution in [2.75, 3.05) is 0 Å². The molecule has 94 valence electrons. The second-order valence-corrected chi connectivity index (χ2v) is 5.90. The number of hydrogen-bond donors (Lipinski definition) is 0. The summed E-state index contributed by atoms with van der Waals surface area (Å²) in [4.78, 5) is 0. The molecule has 0 radical (unpaired) electrons. The zero-order chi connectivity index (χ0) is 12.5. The second-order valence-electron chi connectivity index (χ2n) is 5.90. The van der Waals surface area contributed by atoms with Gasteiger partial charge in [-0.2, -0.15) is 0 Å². The minimum absolute atomic E-state index is 0.375. The molecule has 0 aliphatic rings. The summed E-state index contributed by atoms with van der Waals surface area (Å²) in [6, 6.07) is 0. The number of unbranched alkanes of at least 4 members (excludes halogenated alkanes) is 1. The summed E-state index contributed by atoms with van der Waals surface area (Å²) in [5, 5.41) is 0. The van der Waals surface area contributed by atoms with Crippen LogP contribution in [-0.2, 0) is 4.74 Å². The fourth-order valence-electron chi connectivity index (χ4n) is 1.25. The SMILES string of the molecule is CC(C)OC(C)C.CCCCC(C)(C)C. The van der Waals surface area contributed by atoms with Crippen molar-refractivity contribution in [2.45, 2.75) is 86.9 Å². The van der Waals surface area contributed by atoms with Gasteiger partial charge in [-0.25, -0.2) is 0 Å². The molecule has 0 saturated heterocycles. The van der Waals surface area contributed by atoms with E-state index in [9.17, 15) is 0 Å². The standard InChI is InChI=1S/C8H18.C6H14O/c1-5-6-7-8(2,3)4;1-5(2)7-6(3)4/h5-7H2,1-4H3;5-6H,1-4H3. The molecule has 0 bridgehead atoms. The van der Waals surface area contributed by atoms with Gasteiger partial charge in [0.05, 0.1) is 12.2 Å². The first kappa shape index (κ1) is 17.4. The molecule has 0 atom stereocenters. The molecule has 0 aliphatic heterocycles. The molecular formula is C14H32O. The topological polar surface area (TPSA) is 9.23 Å². The first-order chi connectivity index (χ1) is 6.69. The third kappa shape index (κ3) is 24.9. The average molecular weight is 216 g/mol. The van der Waals surface area contributed by atoms with Crippen LogP contribution in [0.25, 0.3) is 0 Å². The van der Waals surface area contributed by atoms with Crippen LogP contribution in [0.15, 0.2) is 0 Å². The van der Waals surface area contributed by atoms with E-state index in [4.69, 9.17) is 4.74 Å². The van der Waals surface area contributed by atoms with Crippen molar-refractivity contribution in [3.63, 3.8) is 0 Å². The van der Waals surface area contributed by atoms with Gasteiger partial charge in [0.25, 0.3) is 0 Å². The summed E-state index contributed by atoms with van der Waals surface area (Å²) in [6.07, 6.45) is 4.82. The second kappa shape index (κ2) is 9.21. The lowest BCUT2D eigenvalue weighted by Gasteiger charge is -2.16. The van der Waals surface area contributed by atoms with Crippen LogP contribution in [-0.4, -0.2) is 12.2 Å².